The van der Waals surface area contributed by atoms with Crippen molar-refractivity contribution in [1.29, 1.82) is 0 Å². The zero-order valence-electron chi connectivity index (χ0n) is 13.3. The van der Waals surface area contributed by atoms with Crippen LogP contribution in [0.4, 0.5) is 5.69 Å². The van der Waals surface area contributed by atoms with E-state index >= 15 is 0 Å². The van der Waals surface area contributed by atoms with E-state index in [9.17, 15) is 13.2 Å². The molecule has 1 atom stereocenters. The summed E-state index contributed by atoms with van der Waals surface area (Å²) in [4.78, 5) is 14.3. The van der Waals surface area contributed by atoms with Gasteiger partial charge in [-0.1, -0.05) is 18.5 Å². The third-order valence-corrected chi connectivity index (χ3v) is 5.58. The zero-order chi connectivity index (χ0) is 17.3. The van der Waals surface area contributed by atoms with Crippen molar-refractivity contribution in [2.45, 2.75) is 18.2 Å². The molecule has 1 unspecified atom stereocenters. The molecule has 0 aliphatic carbocycles. The number of carbonyl (C=O) groups is 1. The Morgan fingerprint density at radius 3 is 2.74 bits per heavy atom. The minimum Gasteiger partial charge on any atom is -0.330 e. The van der Waals surface area contributed by atoms with Crippen molar-refractivity contribution in [3.8, 4) is 0 Å². The monoisotopic (exact) mass is 359 g/mol. The Kier molecular flexibility index (Phi) is 5.35. The molecule has 1 fully saturated rings. The molecular formula is C15H22ClN3O3S. The lowest BCUT2D eigenvalue weighted by atomic mass is 9.90. The van der Waals surface area contributed by atoms with Crippen LogP contribution in [0, 0.1) is 5.41 Å². The van der Waals surface area contributed by atoms with Gasteiger partial charge in [0.1, 0.15) is 0 Å². The minimum absolute atomic E-state index is 0.0497. The van der Waals surface area contributed by atoms with Gasteiger partial charge in [0.15, 0.2) is 9.84 Å². The first-order valence-electron chi connectivity index (χ1n) is 7.35. The lowest BCUT2D eigenvalue weighted by Gasteiger charge is -2.22. The van der Waals surface area contributed by atoms with Gasteiger partial charge in [0.2, 0.25) is 5.91 Å². The number of likely N-dealkylation sites (tertiary alicyclic amines) is 1. The number of amides is 1. The van der Waals surface area contributed by atoms with Crippen molar-refractivity contribution < 1.29 is 13.2 Å². The van der Waals surface area contributed by atoms with E-state index in [-0.39, 0.29) is 22.8 Å². The third kappa shape index (κ3) is 4.67. The van der Waals surface area contributed by atoms with Crippen LogP contribution in [-0.2, 0) is 14.6 Å². The van der Waals surface area contributed by atoms with Crippen molar-refractivity contribution in [1.82, 2.24) is 4.90 Å². The van der Waals surface area contributed by atoms with E-state index in [1.807, 2.05) is 4.90 Å². The molecule has 128 valence electrons. The maximum Gasteiger partial charge on any atom is 0.238 e. The fourth-order valence-corrected chi connectivity index (χ4v) is 3.46. The highest BCUT2D eigenvalue weighted by molar-refractivity contribution is 7.90. The predicted molar refractivity (Wildman–Crippen MR) is 91.4 cm³/mol. The fourth-order valence-electron chi connectivity index (χ4n) is 2.65. The number of hydrogen-bond acceptors (Lipinski definition) is 5. The molecule has 8 heteroatoms. The lowest BCUT2D eigenvalue weighted by molar-refractivity contribution is -0.117. The maximum atomic E-state index is 12.2. The molecular weight excluding hydrogens is 338 g/mol. The Morgan fingerprint density at radius 1 is 1.48 bits per heavy atom. The second-order valence-electron chi connectivity index (χ2n) is 6.44. The smallest absolute Gasteiger partial charge is 0.238 e. The molecule has 1 amide bonds. The maximum absolute atomic E-state index is 12.2. The van der Waals surface area contributed by atoms with Gasteiger partial charge >= 0.3 is 0 Å². The van der Waals surface area contributed by atoms with Gasteiger partial charge in [-0.25, -0.2) is 8.42 Å². The largest absolute Gasteiger partial charge is 0.330 e. The second kappa shape index (κ2) is 6.76. The minimum atomic E-state index is -3.35. The van der Waals surface area contributed by atoms with E-state index in [2.05, 4.69) is 12.2 Å². The predicted octanol–water partition coefficient (Wildman–Crippen LogP) is 1.35. The average Bonchev–Trinajstić information content (AvgIpc) is 2.82. The molecule has 1 saturated heterocycles. The summed E-state index contributed by atoms with van der Waals surface area (Å²) in [7, 11) is -3.35. The van der Waals surface area contributed by atoms with Gasteiger partial charge in [-0.2, -0.15) is 0 Å². The Hall–Kier alpha value is -1.15. The topological polar surface area (TPSA) is 92.5 Å². The van der Waals surface area contributed by atoms with Crippen LogP contribution in [0.5, 0.6) is 0 Å². The van der Waals surface area contributed by atoms with Crippen LogP contribution in [0.1, 0.15) is 13.3 Å². The molecule has 23 heavy (non-hydrogen) atoms. The first kappa shape index (κ1) is 18.2. The van der Waals surface area contributed by atoms with Crippen LogP contribution in [0.25, 0.3) is 0 Å². The number of nitrogens with two attached hydrogens (primary N) is 1. The fraction of sp³-hybridized carbons (Fsp3) is 0.533. The number of carbonyl (C=O) groups excluding carboxylic acids is 1. The van der Waals surface area contributed by atoms with Crippen molar-refractivity contribution in [3.05, 3.63) is 23.2 Å². The normalized spacial score (nSPS) is 22.3. The Labute approximate surface area is 141 Å². The van der Waals surface area contributed by atoms with Crippen molar-refractivity contribution >= 4 is 33.0 Å². The van der Waals surface area contributed by atoms with Gasteiger partial charge in [-0.05, 0) is 43.1 Å². The molecule has 0 bridgehead atoms. The summed E-state index contributed by atoms with van der Waals surface area (Å²) in [6.07, 6.45) is 2.07. The number of halogens is 1. The average molecular weight is 360 g/mol. The van der Waals surface area contributed by atoms with Gasteiger partial charge in [0.05, 0.1) is 22.2 Å². The Balaban J connectivity index is 2.04. The number of rotatable bonds is 5. The summed E-state index contributed by atoms with van der Waals surface area (Å²) < 4.78 is 23.2. The van der Waals surface area contributed by atoms with E-state index in [0.29, 0.717) is 17.3 Å². The van der Waals surface area contributed by atoms with Crippen molar-refractivity contribution in [3.63, 3.8) is 0 Å². The quantitative estimate of drug-likeness (QED) is 0.827. The number of hydrogen-bond donors (Lipinski definition) is 2. The van der Waals surface area contributed by atoms with E-state index in [1.165, 1.54) is 18.2 Å². The van der Waals surface area contributed by atoms with Crippen LogP contribution in [0.2, 0.25) is 5.02 Å². The Morgan fingerprint density at radius 2 is 2.17 bits per heavy atom. The molecule has 1 heterocycles. The van der Waals surface area contributed by atoms with Gasteiger partial charge in [-0.3, -0.25) is 9.69 Å². The molecule has 1 aromatic rings. The summed E-state index contributed by atoms with van der Waals surface area (Å²) in [5, 5.41) is 2.99. The first-order valence-corrected chi connectivity index (χ1v) is 9.62. The lowest BCUT2D eigenvalue weighted by Crippen LogP contribution is -2.35. The van der Waals surface area contributed by atoms with Crippen LogP contribution in [0.3, 0.4) is 0 Å². The summed E-state index contributed by atoms with van der Waals surface area (Å²) >= 11 is 6.04. The highest BCUT2D eigenvalue weighted by Crippen LogP contribution is 2.29. The van der Waals surface area contributed by atoms with E-state index in [1.54, 1.807) is 0 Å². The van der Waals surface area contributed by atoms with Crippen LogP contribution >= 0.6 is 11.6 Å². The van der Waals surface area contributed by atoms with Gasteiger partial charge in [0.25, 0.3) is 0 Å². The molecule has 1 aromatic carbocycles. The molecule has 1 aliphatic rings. The number of sulfone groups is 1. The summed E-state index contributed by atoms with van der Waals surface area (Å²) in [5.74, 6) is -0.223. The van der Waals surface area contributed by atoms with Crippen LogP contribution < -0.4 is 11.1 Å². The van der Waals surface area contributed by atoms with Crippen LogP contribution in [0.15, 0.2) is 23.1 Å². The van der Waals surface area contributed by atoms with Gasteiger partial charge in [0, 0.05) is 12.8 Å². The number of benzene rings is 1. The molecule has 0 saturated carbocycles. The first-order chi connectivity index (χ1) is 10.6. The van der Waals surface area contributed by atoms with Gasteiger partial charge in [-0.15, -0.1) is 0 Å². The van der Waals surface area contributed by atoms with Crippen molar-refractivity contribution in [2.24, 2.45) is 11.1 Å². The number of nitrogens with one attached hydrogen (secondary N) is 1. The molecule has 6 nitrogen and oxygen atoms in total. The molecule has 0 aromatic heterocycles. The highest BCUT2D eigenvalue weighted by Gasteiger charge is 2.33. The molecule has 0 radical (unpaired) electrons. The van der Waals surface area contributed by atoms with E-state index < -0.39 is 9.84 Å². The SMILES string of the molecule is CC1(CN)CCN(CC(=O)Nc2cc(S(C)(=O)=O)ccc2Cl)C1. The summed E-state index contributed by atoms with van der Waals surface area (Å²) in [6, 6.07) is 4.26. The van der Waals surface area contributed by atoms with E-state index in [0.717, 1.165) is 25.8 Å². The molecule has 3 N–H and O–H groups in total. The van der Waals surface area contributed by atoms with Gasteiger partial charge < -0.3 is 11.1 Å². The van der Waals surface area contributed by atoms with E-state index in [4.69, 9.17) is 17.3 Å². The summed E-state index contributed by atoms with van der Waals surface area (Å²) in [5.41, 5.74) is 6.12. The summed E-state index contributed by atoms with van der Waals surface area (Å²) in [6.45, 7) is 4.52. The number of anilines is 1. The second-order valence-corrected chi connectivity index (χ2v) is 8.86. The molecule has 2 rings (SSSR count). The third-order valence-electron chi connectivity index (χ3n) is 4.14. The Bertz CT molecular complexity index is 708. The van der Waals surface area contributed by atoms with Crippen LogP contribution in [-0.4, -0.2) is 51.7 Å². The van der Waals surface area contributed by atoms with Crippen molar-refractivity contribution in [2.75, 3.05) is 37.8 Å². The standard InChI is InChI=1S/C15H22ClN3O3S/c1-15(9-17)5-6-19(10-15)8-14(20)18-13-7-11(23(2,21)22)3-4-12(13)16/h3-4,7H,5-6,8-10,17H2,1-2H3,(H,18,20). The highest BCUT2D eigenvalue weighted by atomic mass is 35.5. The number of nitrogens with zero attached hydrogens (tertiary/aromatic N) is 1. The molecule has 0 spiro atoms. The molecule has 1 aliphatic heterocycles. The zero-order valence-corrected chi connectivity index (χ0v) is 14.9.